The molecule has 2 aliphatic rings. The summed E-state index contributed by atoms with van der Waals surface area (Å²) in [6.07, 6.45) is -1.02. The molecule has 1 aromatic rings. The Bertz CT molecular complexity index is 998. The second kappa shape index (κ2) is 9.48. The van der Waals surface area contributed by atoms with E-state index in [-0.39, 0.29) is 46.5 Å². The van der Waals surface area contributed by atoms with Crippen molar-refractivity contribution in [3.05, 3.63) is 28.8 Å². The van der Waals surface area contributed by atoms with Crippen molar-refractivity contribution in [2.45, 2.75) is 18.0 Å². The molecule has 15 heteroatoms. The number of anilines is 1. The standard InChI is InChI=1S/C16H16N4O8S2.Na/c1-8(22)20(10-3-2-4-29-10)16(18-7-21)13(25)19-11(12(23)24)9(5-28-15(17)26)6-30(27)14(16)19;/h2-4,7,14H,5-6H2,1H3,(H2,17,26)(H,18,21)(H,23,24);/q;+1/p-1/t14-,16+,30?;/m0./s1. The largest absolute Gasteiger partial charge is 1.00 e. The number of thiophene rings is 1. The molecule has 1 fully saturated rings. The van der Waals surface area contributed by atoms with E-state index in [1.54, 1.807) is 11.4 Å². The van der Waals surface area contributed by atoms with Gasteiger partial charge in [-0.05, 0) is 17.5 Å². The molecule has 0 radical (unpaired) electrons. The van der Waals surface area contributed by atoms with Crippen LogP contribution in [0.2, 0.25) is 0 Å². The molecule has 1 saturated heterocycles. The van der Waals surface area contributed by atoms with Gasteiger partial charge in [-0.2, -0.15) is 0 Å². The number of carboxylic acid groups (broad SMARTS) is 1. The van der Waals surface area contributed by atoms with E-state index in [9.17, 15) is 33.3 Å². The molecule has 3 atom stereocenters. The average molecular weight is 478 g/mol. The first-order valence-corrected chi connectivity index (χ1v) is 10.5. The molecule has 3 heterocycles. The van der Waals surface area contributed by atoms with Gasteiger partial charge in [0, 0.05) is 12.5 Å². The van der Waals surface area contributed by atoms with Crippen molar-refractivity contribution < 1.29 is 67.6 Å². The summed E-state index contributed by atoms with van der Waals surface area (Å²) in [4.78, 5) is 61.3. The Morgan fingerprint density at radius 3 is 2.68 bits per heavy atom. The number of carboxylic acids is 1. The summed E-state index contributed by atoms with van der Waals surface area (Å²) in [6, 6.07) is 3.12. The number of hydrogen-bond donors (Lipinski definition) is 2. The third kappa shape index (κ3) is 4.01. The molecule has 1 unspecified atom stereocenters. The summed E-state index contributed by atoms with van der Waals surface area (Å²) in [5.74, 6) is -3.84. The summed E-state index contributed by atoms with van der Waals surface area (Å²) < 4.78 is 17.6. The van der Waals surface area contributed by atoms with Gasteiger partial charge in [0.25, 0.3) is 5.91 Å². The zero-order valence-corrected chi connectivity index (χ0v) is 20.0. The van der Waals surface area contributed by atoms with Gasteiger partial charge in [-0.15, -0.1) is 11.3 Å². The van der Waals surface area contributed by atoms with Crippen LogP contribution >= 0.6 is 11.3 Å². The number of carbonyl (C=O) groups excluding carboxylic acids is 5. The molecule has 1 aromatic heterocycles. The number of primary amides is 1. The number of β-lactam (4-membered cyclic amide) rings is 1. The Hall–Kier alpha value is -2.26. The number of rotatable bonds is 7. The maximum atomic E-state index is 13.2. The van der Waals surface area contributed by atoms with Crippen molar-refractivity contribution in [3.8, 4) is 0 Å². The molecule has 0 spiro atoms. The number of nitrogens with one attached hydrogen (secondary N) is 1. The molecule has 31 heavy (non-hydrogen) atoms. The van der Waals surface area contributed by atoms with Crippen LogP contribution in [-0.4, -0.2) is 62.8 Å². The third-order valence-corrected chi connectivity index (χ3v) is 7.07. The number of nitrogens with zero attached hydrogens (tertiary/aromatic N) is 2. The van der Waals surface area contributed by atoms with E-state index in [0.29, 0.717) is 4.90 Å². The predicted octanol–water partition coefficient (Wildman–Crippen LogP) is -5.42. The van der Waals surface area contributed by atoms with Gasteiger partial charge < -0.3 is 25.7 Å². The van der Waals surface area contributed by atoms with Gasteiger partial charge in [-0.1, -0.05) is 0 Å². The summed E-state index contributed by atoms with van der Waals surface area (Å²) in [6.45, 7) is 0.535. The molecule has 0 aromatic carbocycles. The number of amides is 4. The first kappa shape index (κ1) is 25.0. The fourth-order valence-electron chi connectivity index (χ4n) is 3.51. The maximum absolute atomic E-state index is 13.2. The van der Waals surface area contributed by atoms with E-state index in [0.717, 1.165) is 23.2 Å². The third-order valence-electron chi connectivity index (χ3n) is 4.53. The molecule has 0 bridgehead atoms. The Labute approximate surface area is 204 Å². The Kier molecular flexibility index (Phi) is 7.65. The first-order valence-electron chi connectivity index (χ1n) is 8.28. The molecule has 12 nitrogen and oxygen atoms in total. The molecule has 4 amide bonds. The van der Waals surface area contributed by atoms with E-state index in [2.05, 4.69) is 10.1 Å². The molecular weight excluding hydrogens is 463 g/mol. The summed E-state index contributed by atoms with van der Waals surface area (Å²) in [5.41, 5.74) is 1.99. The van der Waals surface area contributed by atoms with Gasteiger partial charge in [0.05, 0.1) is 28.2 Å². The van der Waals surface area contributed by atoms with E-state index in [4.69, 9.17) is 5.73 Å². The Balaban J connectivity index is 0.00000341. The Morgan fingerprint density at radius 1 is 1.52 bits per heavy atom. The molecule has 160 valence electrons. The fraction of sp³-hybridized carbons (Fsp3) is 0.312. The number of hydrogen-bond acceptors (Lipinski definition) is 9. The van der Waals surface area contributed by atoms with Crippen LogP contribution in [0.4, 0.5) is 9.80 Å². The van der Waals surface area contributed by atoms with Gasteiger partial charge in [0.2, 0.25) is 18.0 Å². The van der Waals surface area contributed by atoms with Crippen molar-refractivity contribution in [3.63, 3.8) is 0 Å². The molecule has 0 saturated carbocycles. The minimum Gasteiger partial charge on any atom is -0.543 e. The van der Waals surface area contributed by atoms with E-state index in [1.165, 1.54) is 6.07 Å². The second-order valence-corrected chi connectivity index (χ2v) is 8.66. The number of ether oxygens (including phenoxy) is 1. The average Bonchev–Trinajstić information content (AvgIpc) is 3.18. The van der Waals surface area contributed by atoms with Gasteiger partial charge >= 0.3 is 35.7 Å². The van der Waals surface area contributed by atoms with Crippen molar-refractivity contribution in [1.82, 2.24) is 10.2 Å². The van der Waals surface area contributed by atoms with Crippen LogP contribution in [0, 0.1) is 0 Å². The zero-order chi connectivity index (χ0) is 22.2. The fourth-order valence-corrected chi connectivity index (χ4v) is 6.16. The van der Waals surface area contributed by atoms with Crippen LogP contribution in [0.1, 0.15) is 6.92 Å². The quantitative estimate of drug-likeness (QED) is 0.169. The van der Waals surface area contributed by atoms with Gasteiger partial charge in [-0.3, -0.25) is 28.4 Å². The predicted molar refractivity (Wildman–Crippen MR) is 101 cm³/mol. The summed E-state index contributed by atoms with van der Waals surface area (Å²) in [7, 11) is -1.99. The van der Waals surface area contributed by atoms with E-state index < -0.39 is 63.8 Å². The van der Waals surface area contributed by atoms with Gasteiger partial charge in [-0.25, -0.2) is 4.79 Å². The van der Waals surface area contributed by atoms with Crippen LogP contribution < -0.4 is 50.6 Å². The van der Waals surface area contributed by atoms with Crippen molar-refractivity contribution in [2.24, 2.45) is 5.73 Å². The monoisotopic (exact) mass is 478 g/mol. The maximum Gasteiger partial charge on any atom is 1.00 e. The van der Waals surface area contributed by atoms with Crippen molar-refractivity contribution in [1.29, 1.82) is 0 Å². The smallest absolute Gasteiger partial charge is 0.543 e. The SMILES string of the molecule is CC(=O)N(c1cccs1)[C@]1(NC=O)C(=O)N2C(C(=O)[O-])=C(COC(N)=O)CS(=O)[C@H]21.[Na+]. The molecular formula is C16H15N4NaO8S2. The second-order valence-electron chi connectivity index (χ2n) is 6.23. The van der Waals surface area contributed by atoms with Crippen LogP contribution in [0.5, 0.6) is 0 Å². The van der Waals surface area contributed by atoms with E-state index >= 15 is 0 Å². The molecule has 3 N–H and O–H groups in total. The van der Waals surface area contributed by atoms with Crippen LogP contribution in [0.25, 0.3) is 0 Å². The van der Waals surface area contributed by atoms with Gasteiger partial charge in [0.15, 0.2) is 5.37 Å². The van der Waals surface area contributed by atoms with Crippen LogP contribution in [-0.2, 0) is 34.7 Å². The first-order chi connectivity index (χ1) is 14.2. The number of carbonyl (C=O) groups is 5. The normalized spacial score (nSPS) is 24.3. The van der Waals surface area contributed by atoms with Crippen molar-refractivity contribution in [2.75, 3.05) is 17.3 Å². The summed E-state index contributed by atoms with van der Waals surface area (Å²) in [5, 5.41) is 14.5. The molecule has 2 aliphatic heterocycles. The summed E-state index contributed by atoms with van der Waals surface area (Å²) >= 11 is 1.09. The van der Waals surface area contributed by atoms with Gasteiger partial charge in [0.1, 0.15) is 11.6 Å². The number of aliphatic carboxylic acids is 1. The van der Waals surface area contributed by atoms with Crippen LogP contribution in [0.3, 0.4) is 0 Å². The zero-order valence-electron chi connectivity index (χ0n) is 16.4. The molecule has 0 aliphatic carbocycles. The van der Waals surface area contributed by atoms with Crippen molar-refractivity contribution >= 4 is 57.4 Å². The minimum absolute atomic E-state index is 0. The van der Waals surface area contributed by atoms with E-state index in [1.807, 2.05) is 0 Å². The molecule has 3 rings (SSSR count). The topological polar surface area (TPSA) is 179 Å². The Morgan fingerprint density at radius 2 is 2.19 bits per heavy atom. The van der Waals surface area contributed by atoms with Crippen LogP contribution in [0.15, 0.2) is 28.8 Å². The number of nitrogens with two attached hydrogens (primary N) is 1. The minimum atomic E-state index is -2.10. The number of fused-ring (bicyclic) bond motifs is 1.